The van der Waals surface area contributed by atoms with Crippen LogP contribution in [0.15, 0.2) is 66.7 Å². The van der Waals surface area contributed by atoms with Crippen molar-refractivity contribution < 1.29 is 24.2 Å². The van der Waals surface area contributed by atoms with E-state index in [0.29, 0.717) is 11.4 Å². The van der Waals surface area contributed by atoms with Gasteiger partial charge in [-0.15, -0.1) is 0 Å². The average molecular weight is 351 g/mol. The summed E-state index contributed by atoms with van der Waals surface area (Å²) >= 11 is 0. The summed E-state index contributed by atoms with van der Waals surface area (Å²) in [6.45, 7) is 0. The largest absolute Gasteiger partial charge is 0.481 e. The number of carboxylic acid groups (broad SMARTS) is 1. The maximum absolute atomic E-state index is 12.6. The number of carbonyl (C=O) groups is 2. The van der Waals surface area contributed by atoms with E-state index in [9.17, 15) is 14.7 Å². The van der Waals surface area contributed by atoms with Crippen LogP contribution in [0.5, 0.6) is 11.5 Å². The number of hydrogen-bond donors (Lipinski definition) is 2. The van der Waals surface area contributed by atoms with E-state index in [1.54, 1.807) is 36.4 Å². The number of fused-ring (bicyclic) bond motifs is 2. The third-order valence-corrected chi connectivity index (χ3v) is 4.59. The van der Waals surface area contributed by atoms with E-state index in [2.05, 4.69) is 5.32 Å². The van der Waals surface area contributed by atoms with Crippen LogP contribution in [-0.2, 0) is 14.3 Å². The van der Waals surface area contributed by atoms with Crippen molar-refractivity contribution in [1.29, 1.82) is 0 Å². The molecule has 2 aromatic rings. The second-order valence-electron chi connectivity index (χ2n) is 6.27. The minimum atomic E-state index is -1.02. The highest BCUT2D eigenvalue weighted by molar-refractivity contribution is 5.96. The first kappa shape index (κ1) is 16.4. The molecule has 0 aromatic heterocycles. The first-order chi connectivity index (χ1) is 12.6. The third-order valence-electron chi connectivity index (χ3n) is 4.59. The zero-order chi connectivity index (χ0) is 18.1. The molecule has 2 aromatic carbocycles. The summed E-state index contributed by atoms with van der Waals surface area (Å²) in [6.07, 6.45) is 2.45. The Bertz CT molecular complexity index is 846. The zero-order valence-corrected chi connectivity index (χ0v) is 13.7. The van der Waals surface area contributed by atoms with Crippen LogP contribution in [0, 0.1) is 11.8 Å². The lowest BCUT2D eigenvalue weighted by Crippen LogP contribution is -2.39. The van der Waals surface area contributed by atoms with Gasteiger partial charge in [-0.3, -0.25) is 9.59 Å². The van der Waals surface area contributed by atoms with Gasteiger partial charge in [0.05, 0.1) is 18.1 Å². The molecule has 0 saturated carbocycles. The second kappa shape index (κ2) is 6.65. The minimum absolute atomic E-state index is 0.356. The van der Waals surface area contributed by atoms with Crippen LogP contribution >= 0.6 is 0 Å². The molecule has 1 fully saturated rings. The van der Waals surface area contributed by atoms with Gasteiger partial charge in [0.15, 0.2) is 0 Å². The van der Waals surface area contributed by atoms with Gasteiger partial charge in [-0.05, 0) is 36.4 Å². The lowest BCUT2D eigenvalue weighted by Gasteiger charge is -2.21. The Hall–Kier alpha value is -3.12. The molecular formula is C20H17NO5. The predicted molar refractivity (Wildman–Crippen MR) is 94.0 cm³/mol. The SMILES string of the molecule is O=C(O)[C@@H]1[C@H](C(=O)Nc2ccc(Oc3ccccc3)cc2)[C@H]2C=C[C@@H]1O2. The number of benzene rings is 2. The smallest absolute Gasteiger partial charge is 0.310 e. The van der Waals surface area contributed by atoms with Crippen LogP contribution < -0.4 is 10.1 Å². The number of hydrogen-bond acceptors (Lipinski definition) is 4. The molecule has 6 heteroatoms. The minimum Gasteiger partial charge on any atom is -0.481 e. The lowest BCUT2D eigenvalue weighted by atomic mass is 9.82. The van der Waals surface area contributed by atoms with Gasteiger partial charge in [0.25, 0.3) is 0 Å². The molecule has 2 aliphatic rings. The maximum Gasteiger partial charge on any atom is 0.310 e. The number of para-hydroxylation sites is 1. The highest BCUT2D eigenvalue weighted by Gasteiger charge is 2.53. The molecule has 0 radical (unpaired) electrons. The molecule has 26 heavy (non-hydrogen) atoms. The van der Waals surface area contributed by atoms with Gasteiger partial charge in [-0.2, -0.15) is 0 Å². The van der Waals surface area contributed by atoms with Crippen LogP contribution in [0.25, 0.3) is 0 Å². The molecule has 0 unspecified atom stereocenters. The first-order valence-corrected chi connectivity index (χ1v) is 8.32. The summed E-state index contributed by atoms with van der Waals surface area (Å²) in [4.78, 5) is 24.0. The van der Waals surface area contributed by atoms with Crippen molar-refractivity contribution in [2.45, 2.75) is 12.2 Å². The Labute approximate surface area is 150 Å². The topological polar surface area (TPSA) is 84.9 Å². The monoisotopic (exact) mass is 351 g/mol. The van der Waals surface area contributed by atoms with Crippen molar-refractivity contribution in [2.75, 3.05) is 5.32 Å². The van der Waals surface area contributed by atoms with E-state index < -0.39 is 30.0 Å². The number of ether oxygens (including phenoxy) is 2. The van der Waals surface area contributed by atoms with Gasteiger partial charge in [-0.25, -0.2) is 0 Å². The number of aliphatic carboxylic acids is 1. The highest BCUT2D eigenvalue weighted by Crippen LogP contribution is 2.40. The van der Waals surface area contributed by atoms with Crippen LogP contribution in [0.2, 0.25) is 0 Å². The summed E-state index contributed by atoms with van der Waals surface area (Å²) in [5.74, 6) is -1.60. The molecular weight excluding hydrogens is 334 g/mol. The number of carboxylic acids is 1. The zero-order valence-electron chi connectivity index (χ0n) is 13.7. The molecule has 4 rings (SSSR count). The van der Waals surface area contributed by atoms with Crippen molar-refractivity contribution in [3.8, 4) is 11.5 Å². The molecule has 1 amide bonds. The molecule has 2 bridgehead atoms. The lowest BCUT2D eigenvalue weighted by molar-refractivity contribution is -0.145. The molecule has 0 spiro atoms. The summed E-state index contributed by atoms with van der Waals surface area (Å²) in [5.41, 5.74) is 0.575. The fourth-order valence-electron chi connectivity index (χ4n) is 3.37. The number of amides is 1. The summed E-state index contributed by atoms with van der Waals surface area (Å²) < 4.78 is 11.2. The fourth-order valence-corrected chi connectivity index (χ4v) is 3.37. The Balaban J connectivity index is 1.43. The normalized spacial score (nSPS) is 25.8. The van der Waals surface area contributed by atoms with Gasteiger partial charge >= 0.3 is 5.97 Å². The Morgan fingerprint density at radius 2 is 1.50 bits per heavy atom. The Morgan fingerprint density at radius 3 is 2.15 bits per heavy atom. The number of anilines is 1. The standard InChI is InChI=1S/C20H17NO5/c22-19(17-15-10-11-16(26-15)18(17)20(23)24)21-12-6-8-14(9-7-12)25-13-4-2-1-3-5-13/h1-11,15-18H,(H,21,22)(H,23,24)/t15-,16+,17-,18+/m1/s1. The first-order valence-electron chi connectivity index (χ1n) is 8.32. The van der Waals surface area contributed by atoms with E-state index >= 15 is 0 Å². The summed E-state index contributed by atoms with van der Waals surface area (Å²) in [5, 5.41) is 12.2. The summed E-state index contributed by atoms with van der Waals surface area (Å²) in [7, 11) is 0. The van der Waals surface area contributed by atoms with Crippen LogP contribution in [0.4, 0.5) is 5.69 Å². The van der Waals surface area contributed by atoms with Crippen LogP contribution in [-0.4, -0.2) is 29.2 Å². The second-order valence-corrected chi connectivity index (χ2v) is 6.27. The quantitative estimate of drug-likeness (QED) is 0.809. The van der Waals surface area contributed by atoms with Crippen molar-refractivity contribution in [2.24, 2.45) is 11.8 Å². The van der Waals surface area contributed by atoms with Gasteiger partial charge in [0.1, 0.15) is 17.4 Å². The van der Waals surface area contributed by atoms with Crippen LogP contribution in [0.1, 0.15) is 0 Å². The summed E-state index contributed by atoms with van der Waals surface area (Å²) in [6, 6.07) is 16.3. The van der Waals surface area contributed by atoms with E-state index in [1.807, 2.05) is 30.3 Å². The van der Waals surface area contributed by atoms with E-state index in [1.165, 1.54) is 0 Å². The van der Waals surface area contributed by atoms with Gasteiger partial charge in [-0.1, -0.05) is 30.4 Å². The fraction of sp³-hybridized carbons (Fsp3) is 0.200. The van der Waals surface area contributed by atoms with E-state index in [0.717, 1.165) is 5.75 Å². The molecule has 6 nitrogen and oxygen atoms in total. The van der Waals surface area contributed by atoms with Crippen molar-refractivity contribution in [3.05, 3.63) is 66.7 Å². The van der Waals surface area contributed by atoms with E-state index in [-0.39, 0.29) is 5.91 Å². The van der Waals surface area contributed by atoms with Crippen LogP contribution in [0.3, 0.4) is 0 Å². The van der Waals surface area contributed by atoms with Crippen molar-refractivity contribution >= 4 is 17.6 Å². The number of nitrogens with one attached hydrogen (secondary N) is 1. The van der Waals surface area contributed by atoms with Gasteiger partial charge in [0.2, 0.25) is 5.91 Å². The third kappa shape index (κ3) is 3.07. The van der Waals surface area contributed by atoms with E-state index in [4.69, 9.17) is 9.47 Å². The predicted octanol–water partition coefficient (Wildman–Crippen LogP) is 3.07. The molecule has 0 aliphatic carbocycles. The molecule has 132 valence electrons. The molecule has 2 aliphatic heterocycles. The number of rotatable bonds is 5. The van der Waals surface area contributed by atoms with Gasteiger partial charge < -0.3 is 19.9 Å². The van der Waals surface area contributed by atoms with Gasteiger partial charge in [0, 0.05) is 5.69 Å². The maximum atomic E-state index is 12.6. The Morgan fingerprint density at radius 1 is 0.885 bits per heavy atom. The van der Waals surface area contributed by atoms with Crippen molar-refractivity contribution in [1.82, 2.24) is 0 Å². The number of carbonyl (C=O) groups excluding carboxylic acids is 1. The average Bonchev–Trinajstić information content (AvgIpc) is 3.25. The molecule has 1 saturated heterocycles. The highest BCUT2D eigenvalue weighted by atomic mass is 16.5. The molecule has 2 N–H and O–H groups in total. The molecule has 2 heterocycles. The molecule has 4 atom stereocenters. The van der Waals surface area contributed by atoms with Crippen molar-refractivity contribution in [3.63, 3.8) is 0 Å². The Kier molecular flexibility index (Phi) is 4.18.